The summed E-state index contributed by atoms with van der Waals surface area (Å²) in [5, 5.41) is 2.96. The maximum Gasteiger partial charge on any atom is 0.216 e. The zero-order chi connectivity index (χ0) is 12.8. The average Bonchev–Trinajstić information content (AvgIpc) is 2.39. The van der Waals surface area contributed by atoms with E-state index in [4.69, 9.17) is 4.74 Å². The van der Waals surface area contributed by atoms with Gasteiger partial charge < -0.3 is 10.1 Å². The number of nitrogens with one attached hydrogen (secondary N) is 1. The van der Waals surface area contributed by atoms with Gasteiger partial charge >= 0.3 is 0 Å². The van der Waals surface area contributed by atoms with Crippen LogP contribution in [0.5, 0.6) is 0 Å². The standard InChI is InChI=1S/C14H19NO2S/c1-12(16)15-11-14(7-9-17-10-8-14)18-13-5-3-2-4-6-13/h2-6H,7-11H2,1H3,(H,15,16). The molecule has 0 radical (unpaired) electrons. The van der Waals surface area contributed by atoms with Crippen molar-refractivity contribution in [3.05, 3.63) is 30.3 Å². The number of ether oxygens (including phenoxy) is 1. The minimum Gasteiger partial charge on any atom is -0.381 e. The van der Waals surface area contributed by atoms with Crippen molar-refractivity contribution < 1.29 is 9.53 Å². The van der Waals surface area contributed by atoms with E-state index in [9.17, 15) is 4.79 Å². The van der Waals surface area contributed by atoms with Crippen LogP contribution in [0.25, 0.3) is 0 Å². The number of carbonyl (C=O) groups excluding carboxylic acids is 1. The summed E-state index contributed by atoms with van der Waals surface area (Å²) in [6.07, 6.45) is 1.96. The molecule has 1 heterocycles. The van der Waals surface area contributed by atoms with Crippen LogP contribution in [0.1, 0.15) is 19.8 Å². The fraction of sp³-hybridized carbons (Fsp3) is 0.500. The molecule has 1 fully saturated rings. The number of carbonyl (C=O) groups is 1. The second-order valence-corrected chi connectivity index (χ2v) is 6.16. The molecule has 1 aliphatic rings. The van der Waals surface area contributed by atoms with Gasteiger partial charge in [0.1, 0.15) is 0 Å². The molecule has 1 amide bonds. The zero-order valence-corrected chi connectivity index (χ0v) is 11.5. The summed E-state index contributed by atoms with van der Waals surface area (Å²) in [6, 6.07) is 10.4. The minimum absolute atomic E-state index is 0.0366. The van der Waals surface area contributed by atoms with Crippen LogP contribution in [0.2, 0.25) is 0 Å². The molecule has 0 unspecified atom stereocenters. The van der Waals surface area contributed by atoms with Crippen LogP contribution in [0.3, 0.4) is 0 Å². The molecule has 1 saturated heterocycles. The molecule has 0 aromatic heterocycles. The summed E-state index contributed by atoms with van der Waals surface area (Å²) < 4.78 is 5.52. The molecule has 4 heteroatoms. The lowest BCUT2D eigenvalue weighted by Gasteiger charge is -2.36. The van der Waals surface area contributed by atoms with Crippen molar-refractivity contribution in [1.29, 1.82) is 0 Å². The van der Waals surface area contributed by atoms with Crippen molar-refractivity contribution in [2.24, 2.45) is 0 Å². The van der Waals surface area contributed by atoms with Crippen molar-refractivity contribution in [3.63, 3.8) is 0 Å². The Morgan fingerprint density at radius 3 is 2.61 bits per heavy atom. The average molecular weight is 265 g/mol. The fourth-order valence-electron chi connectivity index (χ4n) is 2.08. The lowest BCUT2D eigenvalue weighted by atomic mass is 9.99. The number of amides is 1. The second kappa shape index (κ2) is 6.25. The Morgan fingerprint density at radius 2 is 2.00 bits per heavy atom. The van der Waals surface area contributed by atoms with E-state index in [1.165, 1.54) is 4.90 Å². The van der Waals surface area contributed by atoms with E-state index in [1.807, 2.05) is 30.0 Å². The molecule has 0 atom stereocenters. The summed E-state index contributed by atoms with van der Waals surface area (Å²) >= 11 is 1.86. The lowest BCUT2D eigenvalue weighted by Crippen LogP contribution is -2.43. The molecule has 2 rings (SSSR count). The molecule has 1 aromatic rings. The Morgan fingerprint density at radius 1 is 1.33 bits per heavy atom. The number of benzene rings is 1. The summed E-state index contributed by atoms with van der Waals surface area (Å²) in [4.78, 5) is 12.4. The Kier molecular flexibility index (Phi) is 4.66. The van der Waals surface area contributed by atoms with Gasteiger partial charge in [-0.1, -0.05) is 18.2 Å². The molecule has 3 nitrogen and oxygen atoms in total. The minimum atomic E-state index is 0.0366. The lowest BCUT2D eigenvalue weighted by molar-refractivity contribution is -0.119. The third-order valence-corrected chi connectivity index (χ3v) is 4.63. The van der Waals surface area contributed by atoms with Gasteiger partial charge in [0.2, 0.25) is 5.91 Å². The van der Waals surface area contributed by atoms with Crippen molar-refractivity contribution in [2.75, 3.05) is 19.8 Å². The van der Waals surface area contributed by atoms with E-state index in [-0.39, 0.29) is 10.7 Å². The zero-order valence-electron chi connectivity index (χ0n) is 10.6. The Labute approximate surface area is 112 Å². The van der Waals surface area contributed by atoms with Crippen molar-refractivity contribution in [2.45, 2.75) is 29.4 Å². The Balaban J connectivity index is 2.06. The first-order valence-electron chi connectivity index (χ1n) is 6.26. The van der Waals surface area contributed by atoms with Gasteiger partial charge in [-0.15, -0.1) is 11.8 Å². The van der Waals surface area contributed by atoms with Crippen LogP contribution in [0.4, 0.5) is 0 Å². The topological polar surface area (TPSA) is 38.3 Å². The number of rotatable bonds is 4. The highest BCUT2D eigenvalue weighted by atomic mass is 32.2. The van der Waals surface area contributed by atoms with Gasteiger partial charge in [-0.05, 0) is 25.0 Å². The molecule has 0 aliphatic carbocycles. The van der Waals surface area contributed by atoms with Gasteiger partial charge in [0, 0.05) is 36.3 Å². The maximum absolute atomic E-state index is 11.1. The maximum atomic E-state index is 11.1. The van der Waals surface area contributed by atoms with Crippen LogP contribution < -0.4 is 5.32 Å². The summed E-state index contributed by atoms with van der Waals surface area (Å²) in [6.45, 7) is 3.84. The van der Waals surface area contributed by atoms with Crippen LogP contribution in [-0.4, -0.2) is 30.4 Å². The number of hydrogen-bond donors (Lipinski definition) is 1. The fourth-order valence-corrected chi connectivity index (χ4v) is 3.39. The predicted molar refractivity (Wildman–Crippen MR) is 73.8 cm³/mol. The van der Waals surface area contributed by atoms with Crippen LogP contribution in [0, 0.1) is 0 Å². The molecular formula is C14H19NO2S. The molecule has 18 heavy (non-hydrogen) atoms. The van der Waals surface area contributed by atoms with E-state index in [2.05, 4.69) is 17.4 Å². The van der Waals surface area contributed by atoms with Gasteiger partial charge in [-0.3, -0.25) is 4.79 Å². The number of thioether (sulfide) groups is 1. The van der Waals surface area contributed by atoms with Gasteiger partial charge in [0.15, 0.2) is 0 Å². The molecule has 0 saturated carbocycles. The van der Waals surface area contributed by atoms with Gasteiger partial charge in [0.05, 0.1) is 0 Å². The van der Waals surface area contributed by atoms with E-state index < -0.39 is 0 Å². The van der Waals surface area contributed by atoms with Crippen LogP contribution in [0.15, 0.2) is 35.2 Å². The van der Waals surface area contributed by atoms with Gasteiger partial charge in [0.25, 0.3) is 0 Å². The monoisotopic (exact) mass is 265 g/mol. The van der Waals surface area contributed by atoms with E-state index in [0.29, 0.717) is 6.54 Å². The van der Waals surface area contributed by atoms with Crippen LogP contribution >= 0.6 is 11.8 Å². The first-order valence-corrected chi connectivity index (χ1v) is 7.08. The van der Waals surface area contributed by atoms with Crippen LogP contribution in [-0.2, 0) is 9.53 Å². The second-order valence-electron chi connectivity index (χ2n) is 4.62. The third-order valence-electron chi connectivity index (χ3n) is 3.14. The molecule has 0 spiro atoms. The van der Waals surface area contributed by atoms with Crippen molar-refractivity contribution in [3.8, 4) is 0 Å². The predicted octanol–water partition coefficient (Wildman–Crippen LogP) is 2.46. The Bertz CT molecular complexity index is 388. The molecule has 1 N–H and O–H groups in total. The van der Waals surface area contributed by atoms with Gasteiger partial charge in [-0.2, -0.15) is 0 Å². The Hall–Kier alpha value is -1.00. The summed E-state index contributed by atoms with van der Waals surface area (Å²) in [5.74, 6) is 0.0366. The quantitative estimate of drug-likeness (QED) is 0.909. The summed E-state index contributed by atoms with van der Waals surface area (Å²) in [7, 11) is 0. The largest absolute Gasteiger partial charge is 0.381 e. The van der Waals surface area contributed by atoms with E-state index in [0.717, 1.165) is 26.1 Å². The SMILES string of the molecule is CC(=O)NCC1(Sc2ccccc2)CCOCC1. The van der Waals surface area contributed by atoms with Crippen molar-refractivity contribution in [1.82, 2.24) is 5.32 Å². The highest BCUT2D eigenvalue weighted by Gasteiger charge is 2.33. The third kappa shape index (κ3) is 3.75. The first kappa shape index (κ1) is 13.4. The first-order chi connectivity index (χ1) is 8.70. The normalized spacial score (nSPS) is 18.3. The molecular weight excluding hydrogens is 246 g/mol. The molecule has 1 aliphatic heterocycles. The number of hydrogen-bond acceptors (Lipinski definition) is 3. The smallest absolute Gasteiger partial charge is 0.216 e. The van der Waals surface area contributed by atoms with E-state index in [1.54, 1.807) is 6.92 Å². The molecule has 0 bridgehead atoms. The molecule has 98 valence electrons. The van der Waals surface area contributed by atoms with Gasteiger partial charge in [-0.25, -0.2) is 0 Å². The summed E-state index contributed by atoms with van der Waals surface area (Å²) in [5.41, 5.74) is 0. The van der Waals surface area contributed by atoms with E-state index >= 15 is 0 Å². The highest BCUT2D eigenvalue weighted by molar-refractivity contribution is 8.00. The molecule has 1 aromatic carbocycles. The highest BCUT2D eigenvalue weighted by Crippen LogP contribution is 2.39. The van der Waals surface area contributed by atoms with Crippen molar-refractivity contribution >= 4 is 17.7 Å².